The molecule has 120 valence electrons. The van der Waals surface area contributed by atoms with Crippen LogP contribution in [0.15, 0.2) is 42.7 Å². The van der Waals surface area contributed by atoms with Crippen molar-refractivity contribution in [2.45, 2.75) is 12.8 Å². The van der Waals surface area contributed by atoms with Gasteiger partial charge in [0.2, 0.25) is 5.95 Å². The Morgan fingerprint density at radius 3 is 2.39 bits per heavy atom. The van der Waals surface area contributed by atoms with E-state index in [9.17, 15) is 4.79 Å². The number of nitrogens with zero attached hydrogens (tertiary/aromatic N) is 3. The molecule has 0 saturated carbocycles. The van der Waals surface area contributed by atoms with E-state index in [1.807, 2.05) is 12.1 Å². The van der Waals surface area contributed by atoms with Crippen molar-refractivity contribution in [3.8, 4) is 11.5 Å². The summed E-state index contributed by atoms with van der Waals surface area (Å²) >= 11 is 0. The second kappa shape index (κ2) is 7.09. The highest BCUT2D eigenvalue weighted by atomic mass is 16.6. The van der Waals surface area contributed by atoms with E-state index in [1.54, 1.807) is 37.7 Å². The van der Waals surface area contributed by atoms with Crippen LogP contribution in [-0.2, 0) is 4.79 Å². The lowest BCUT2D eigenvalue weighted by Crippen LogP contribution is -2.38. The third kappa shape index (κ3) is 3.59. The zero-order chi connectivity index (χ0) is 16.1. The summed E-state index contributed by atoms with van der Waals surface area (Å²) in [6, 6.07) is 8.97. The summed E-state index contributed by atoms with van der Waals surface area (Å²) in [5, 5.41) is 0. The highest BCUT2D eigenvalue weighted by molar-refractivity contribution is 5.76. The second-order valence-corrected chi connectivity index (χ2v) is 5.38. The summed E-state index contributed by atoms with van der Waals surface area (Å²) in [6.07, 6.45) is 4.91. The fourth-order valence-electron chi connectivity index (χ4n) is 2.66. The number of para-hydroxylation sites is 2. The number of aromatic nitrogens is 2. The van der Waals surface area contributed by atoms with Gasteiger partial charge >= 0.3 is 5.97 Å². The summed E-state index contributed by atoms with van der Waals surface area (Å²) in [6.45, 7) is 1.49. The fourth-order valence-corrected chi connectivity index (χ4v) is 2.66. The molecule has 2 heterocycles. The van der Waals surface area contributed by atoms with Gasteiger partial charge in [-0.1, -0.05) is 12.1 Å². The smallest absolute Gasteiger partial charge is 0.314 e. The Labute approximate surface area is 135 Å². The molecule has 2 aromatic rings. The van der Waals surface area contributed by atoms with E-state index < -0.39 is 0 Å². The van der Waals surface area contributed by atoms with Gasteiger partial charge in [-0.15, -0.1) is 0 Å². The maximum absolute atomic E-state index is 12.4. The molecule has 0 amide bonds. The number of benzene rings is 1. The number of piperidine rings is 1. The molecule has 6 nitrogen and oxygen atoms in total. The number of carbonyl (C=O) groups excluding carboxylic acids is 1. The topological polar surface area (TPSA) is 64.6 Å². The predicted octanol–water partition coefficient (Wildman–Crippen LogP) is 2.31. The SMILES string of the molecule is COc1ccccc1OC(=O)C1CCN(c2ncccn2)CC1. The summed E-state index contributed by atoms with van der Waals surface area (Å²) < 4.78 is 10.7. The maximum Gasteiger partial charge on any atom is 0.314 e. The van der Waals surface area contributed by atoms with E-state index in [0.29, 0.717) is 17.4 Å². The van der Waals surface area contributed by atoms with Gasteiger partial charge < -0.3 is 14.4 Å². The Hall–Kier alpha value is -2.63. The van der Waals surface area contributed by atoms with Crippen LogP contribution in [-0.4, -0.2) is 36.1 Å². The standard InChI is InChI=1S/C17H19N3O3/c1-22-14-5-2-3-6-15(14)23-16(21)13-7-11-20(12-8-13)17-18-9-4-10-19-17/h2-6,9-10,13H,7-8,11-12H2,1H3. The first-order valence-corrected chi connectivity index (χ1v) is 7.64. The lowest BCUT2D eigenvalue weighted by atomic mass is 9.97. The van der Waals surface area contributed by atoms with Crippen molar-refractivity contribution in [1.29, 1.82) is 0 Å². The Morgan fingerprint density at radius 1 is 1.09 bits per heavy atom. The van der Waals surface area contributed by atoms with Crippen molar-refractivity contribution in [1.82, 2.24) is 9.97 Å². The molecule has 1 aromatic heterocycles. The molecule has 0 aliphatic carbocycles. The van der Waals surface area contributed by atoms with Crippen molar-refractivity contribution >= 4 is 11.9 Å². The highest BCUT2D eigenvalue weighted by Gasteiger charge is 2.28. The summed E-state index contributed by atoms with van der Waals surface area (Å²) in [5.41, 5.74) is 0. The largest absolute Gasteiger partial charge is 0.493 e. The average molecular weight is 313 g/mol. The number of hydrogen-bond donors (Lipinski definition) is 0. The van der Waals surface area contributed by atoms with Crippen LogP contribution < -0.4 is 14.4 Å². The van der Waals surface area contributed by atoms with Crippen molar-refractivity contribution in [3.05, 3.63) is 42.7 Å². The van der Waals surface area contributed by atoms with Gasteiger partial charge in [-0.25, -0.2) is 9.97 Å². The minimum atomic E-state index is -0.205. The van der Waals surface area contributed by atoms with Gasteiger partial charge in [-0.05, 0) is 31.0 Å². The molecule has 6 heteroatoms. The van der Waals surface area contributed by atoms with Crippen LogP contribution >= 0.6 is 0 Å². The van der Waals surface area contributed by atoms with Gasteiger partial charge in [-0.2, -0.15) is 0 Å². The van der Waals surface area contributed by atoms with Gasteiger partial charge in [0.15, 0.2) is 11.5 Å². The van der Waals surface area contributed by atoms with Gasteiger partial charge in [0.1, 0.15) is 0 Å². The molecule has 0 N–H and O–H groups in total. The number of ether oxygens (including phenoxy) is 2. The summed E-state index contributed by atoms with van der Waals surface area (Å²) in [5.74, 6) is 1.43. The first-order valence-electron chi connectivity index (χ1n) is 7.64. The van der Waals surface area contributed by atoms with Crippen LogP contribution in [0.25, 0.3) is 0 Å². The lowest BCUT2D eigenvalue weighted by Gasteiger charge is -2.30. The number of hydrogen-bond acceptors (Lipinski definition) is 6. The Balaban J connectivity index is 1.58. The quantitative estimate of drug-likeness (QED) is 0.637. The van der Waals surface area contributed by atoms with Crippen LogP contribution in [0.3, 0.4) is 0 Å². The van der Waals surface area contributed by atoms with Crippen molar-refractivity contribution in [2.75, 3.05) is 25.1 Å². The van der Waals surface area contributed by atoms with Gasteiger partial charge in [0.05, 0.1) is 13.0 Å². The number of esters is 1. The molecule has 1 aliphatic heterocycles. The van der Waals surface area contributed by atoms with E-state index in [2.05, 4.69) is 14.9 Å². The highest BCUT2D eigenvalue weighted by Crippen LogP contribution is 2.28. The van der Waals surface area contributed by atoms with Crippen molar-refractivity contribution in [3.63, 3.8) is 0 Å². The molecule has 1 saturated heterocycles. The van der Waals surface area contributed by atoms with E-state index in [-0.39, 0.29) is 11.9 Å². The molecule has 0 spiro atoms. The zero-order valence-electron chi connectivity index (χ0n) is 13.0. The van der Waals surface area contributed by atoms with Gasteiger partial charge in [-0.3, -0.25) is 4.79 Å². The van der Waals surface area contributed by atoms with Gasteiger partial charge in [0, 0.05) is 25.5 Å². The number of rotatable bonds is 4. The van der Waals surface area contributed by atoms with Crippen molar-refractivity contribution < 1.29 is 14.3 Å². The van der Waals surface area contributed by atoms with E-state index in [4.69, 9.17) is 9.47 Å². The van der Waals surface area contributed by atoms with Crippen LogP contribution in [0, 0.1) is 5.92 Å². The first kappa shape index (κ1) is 15.3. The molecule has 1 aromatic carbocycles. The molecule has 0 radical (unpaired) electrons. The Bertz CT molecular complexity index is 655. The minimum Gasteiger partial charge on any atom is -0.493 e. The molecule has 3 rings (SSSR count). The monoisotopic (exact) mass is 313 g/mol. The fraction of sp³-hybridized carbons (Fsp3) is 0.353. The molecular weight excluding hydrogens is 294 g/mol. The zero-order valence-corrected chi connectivity index (χ0v) is 13.0. The van der Waals surface area contributed by atoms with Crippen LogP contribution in [0.2, 0.25) is 0 Å². The molecule has 0 atom stereocenters. The van der Waals surface area contributed by atoms with E-state index in [1.165, 1.54) is 0 Å². The van der Waals surface area contributed by atoms with Crippen LogP contribution in [0.4, 0.5) is 5.95 Å². The molecule has 0 bridgehead atoms. The van der Waals surface area contributed by atoms with Crippen LogP contribution in [0.5, 0.6) is 11.5 Å². The van der Waals surface area contributed by atoms with Crippen LogP contribution in [0.1, 0.15) is 12.8 Å². The number of carbonyl (C=O) groups is 1. The first-order chi connectivity index (χ1) is 11.3. The summed E-state index contributed by atoms with van der Waals surface area (Å²) in [4.78, 5) is 22.9. The third-order valence-corrected chi connectivity index (χ3v) is 3.94. The maximum atomic E-state index is 12.4. The number of anilines is 1. The normalized spacial score (nSPS) is 15.3. The van der Waals surface area contributed by atoms with E-state index >= 15 is 0 Å². The Kier molecular flexibility index (Phi) is 4.71. The second-order valence-electron chi connectivity index (χ2n) is 5.38. The minimum absolute atomic E-state index is 0.111. The van der Waals surface area contributed by atoms with Gasteiger partial charge in [0.25, 0.3) is 0 Å². The number of methoxy groups -OCH3 is 1. The van der Waals surface area contributed by atoms with E-state index in [0.717, 1.165) is 25.9 Å². The lowest BCUT2D eigenvalue weighted by molar-refractivity contribution is -0.139. The summed E-state index contributed by atoms with van der Waals surface area (Å²) in [7, 11) is 1.56. The molecule has 23 heavy (non-hydrogen) atoms. The molecule has 0 unspecified atom stereocenters. The third-order valence-electron chi connectivity index (χ3n) is 3.94. The molecular formula is C17H19N3O3. The van der Waals surface area contributed by atoms with Crippen molar-refractivity contribution in [2.24, 2.45) is 5.92 Å². The predicted molar refractivity (Wildman–Crippen MR) is 85.6 cm³/mol. The molecule has 1 aliphatic rings. The average Bonchev–Trinajstić information content (AvgIpc) is 2.63. The molecule has 1 fully saturated rings. The Morgan fingerprint density at radius 2 is 1.74 bits per heavy atom.